The summed E-state index contributed by atoms with van der Waals surface area (Å²) in [4.78, 5) is 26.2. The molecule has 0 unspecified atom stereocenters. The Bertz CT molecular complexity index is 624. The molecule has 24 heavy (non-hydrogen) atoms. The Morgan fingerprint density at radius 3 is 2.58 bits per heavy atom. The van der Waals surface area contributed by atoms with E-state index in [4.69, 9.17) is 9.47 Å². The number of carbonyl (C=O) groups is 2. The van der Waals surface area contributed by atoms with Crippen LogP contribution in [0.15, 0.2) is 18.2 Å². The van der Waals surface area contributed by atoms with Gasteiger partial charge in [-0.05, 0) is 31.9 Å². The molecule has 0 saturated heterocycles. The van der Waals surface area contributed by atoms with Gasteiger partial charge in [0.2, 0.25) is 0 Å². The van der Waals surface area contributed by atoms with Crippen molar-refractivity contribution < 1.29 is 19.1 Å². The van der Waals surface area contributed by atoms with Crippen molar-refractivity contribution in [3.05, 3.63) is 34.9 Å². The van der Waals surface area contributed by atoms with Gasteiger partial charge in [-0.1, -0.05) is 36.9 Å². The Labute approximate surface area is 144 Å². The maximum absolute atomic E-state index is 12.5. The molecular weight excluding hydrogens is 305 g/mol. The van der Waals surface area contributed by atoms with E-state index in [0.29, 0.717) is 13.0 Å². The number of nitrogens with zero attached hydrogens (tertiary/aromatic N) is 1. The van der Waals surface area contributed by atoms with E-state index in [0.717, 1.165) is 17.4 Å². The lowest BCUT2D eigenvalue weighted by Gasteiger charge is -2.36. The molecule has 1 amide bonds. The summed E-state index contributed by atoms with van der Waals surface area (Å²) in [6, 6.07) is 5.54. The summed E-state index contributed by atoms with van der Waals surface area (Å²) in [7, 11) is 3.43. The Morgan fingerprint density at radius 1 is 1.29 bits per heavy atom. The van der Waals surface area contributed by atoms with Gasteiger partial charge in [0.25, 0.3) is 0 Å². The lowest BCUT2D eigenvalue weighted by atomic mass is 9.74. The van der Waals surface area contributed by atoms with Crippen molar-refractivity contribution in [1.29, 1.82) is 0 Å². The molecule has 129 valence electrons. The van der Waals surface area contributed by atoms with E-state index in [-0.39, 0.29) is 0 Å². The molecule has 2 rings (SSSR count). The number of hydrogen-bond donors (Lipinski definition) is 0. The largest absolute Gasteiger partial charge is 0.467 e. The third-order valence-corrected chi connectivity index (χ3v) is 3.94. The molecule has 0 bridgehead atoms. The second-order valence-electron chi connectivity index (χ2n) is 7.07. The van der Waals surface area contributed by atoms with E-state index in [1.165, 1.54) is 17.6 Å². The van der Waals surface area contributed by atoms with Crippen LogP contribution in [-0.4, -0.2) is 43.0 Å². The molecule has 5 nitrogen and oxygen atoms in total. The number of carbonyl (C=O) groups excluding carboxylic acids is 2. The van der Waals surface area contributed by atoms with E-state index >= 15 is 0 Å². The van der Waals surface area contributed by atoms with Crippen LogP contribution >= 0.6 is 0 Å². The number of ether oxygens (including phenoxy) is 2. The number of amides is 1. The lowest BCUT2D eigenvalue weighted by molar-refractivity contribution is -0.147. The molecule has 0 aromatic heterocycles. The number of esters is 1. The van der Waals surface area contributed by atoms with Crippen molar-refractivity contribution >= 4 is 19.3 Å². The molecule has 1 heterocycles. The molecule has 0 spiro atoms. The quantitative estimate of drug-likeness (QED) is 0.632. The first-order valence-electron chi connectivity index (χ1n) is 8.21. The standard InChI is InChI=1S/C18H25BNO4/c1-18(2,3)24-17(22)20-11-13-7-6-12(10-19-4)8-14(13)9-15(20)16(21)23-5/h6-8,15H,9-11H2,1-5H3/t15-/m0/s1. The van der Waals surface area contributed by atoms with Crippen LogP contribution in [-0.2, 0) is 33.6 Å². The molecule has 1 aliphatic rings. The minimum atomic E-state index is -0.654. The highest BCUT2D eigenvalue weighted by molar-refractivity contribution is 6.32. The molecule has 0 N–H and O–H groups in total. The zero-order chi connectivity index (χ0) is 17.9. The van der Waals surface area contributed by atoms with Gasteiger partial charge in [0.1, 0.15) is 18.9 Å². The number of hydrogen-bond acceptors (Lipinski definition) is 4. The van der Waals surface area contributed by atoms with Gasteiger partial charge in [-0.25, -0.2) is 9.59 Å². The van der Waals surface area contributed by atoms with Crippen molar-refractivity contribution in [3.8, 4) is 0 Å². The van der Waals surface area contributed by atoms with Crippen molar-refractivity contribution in [2.45, 2.75) is 58.5 Å². The second-order valence-corrected chi connectivity index (χ2v) is 7.07. The number of fused-ring (bicyclic) bond motifs is 1. The van der Waals surface area contributed by atoms with Crippen LogP contribution in [0.3, 0.4) is 0 Å². The van der Waals surface area contributed by atoms with Crippen LogP contribution in [0.4, 0.5) is 4.79 Å². The summed E-state index contributed by atoms with van der Waals surface area (Å²) in [5.74, 6) is -0.418. The first-order valence-corrected chi connectivity index (χ1v) is 8.21. The van der Waals surface area contributed by atoms with Crippen LogP contribution in [0.25, 0.3) is 0 Å². The Kier molecular flexibility index (Phi) is 5.57. The van der Waals surface area contributed by atoms with Crippen molar-refractivity contribution in [3.63, 3.8) is 0 Å². The summed E-state index contributed by atoms with van der Waals surface area (Å²) in [6.45, 7) is 7.79. The van der Waals surface area contributed by atoms with Crippen LogP contribution in [0, 0.1) is 0 Å². The summed E-state index contributed by atoms with van der Waals surface area (Å²) < 4.78 is 10.4. The third-order valence-electron chi connectivity index (χ3n) is 3.94. The lowest BCUT2D eigenvalue weighted by Crippen LogP contribution is -2.50. The molecule has 0 fully saturated rings. The first kappa shape index (κ1) is 18.4. The second kappa shape index (κ2) is 7.28. The van der Waals surface area contributed by atoms with Gasteiger partial charge in [0.15, 0.2) is 0 Å². The molecule has 0 aliphatic carbocycles. The highest BCUT2D eigenvalue weighted by Crippen LogP contribution is 2.27. The van der Waals surface area contributed by atoms with Crippen LogP contribution in [0.2, 0.25) is 6.82 Å². The van der Waals surface area contributed by atoms with Crippen molar-refractivity contribution in [1.82, 2.24) is 4.90 Å². The Hall–Kier alpha value is -1.98. The molecule has 1 aromatic carbocycles. The predicted molar refractivity (Wildman–Crippen MR) is 93.0 cm³/mol. The summed E-state index contributed by atoms with van der Waals surface area (Å²) in [5, 5.41) is 0. The Balaban J connectivity index is 2.30. The normalized spacial score (nSPS) is 17.0. The fourth-order valence-electron chi connectivity index (χ4n) is 2.86. The molecule has 0 saturated carbocycles. The summed E-state index contributed by atoms with van der Waals surface area (Å²) in [6.07, 6.45) is 0.833. The Morgan fingerprint density at radius 2 is 2.00 bits per heavy atom. The van der Waals surface area contributed by atoms with E-state index < -0.39 is 23.7 Å². The molecular formula is C18H25BNO4. The van der Waals surface area contributed by atoms with Crippen LogP contribution in [0.1, 0.15) is 37.5 Å². The van der Waals surface area contributed by atoms with Gasteiger partial charge in [-0.15, -0.1) is 0 Å². The monoisotopic (exact) mass is 330 g/mol. The van der Waals surface area contributed by atoms with Crippen molar-refractivity contribution in [2.24, 2.45) is 0 Å². The van der Waals surface area contributed by atoms with Gasteiger partial charge >= 0.3 is 12.1 Å². The smallest absolute Gasteiger partial charge is 0.411 e. The highest BCUT2D eigenvalue weighted by atomic mass is 16.6. The van der Waals surface area contributed by atoms with E-state index in [2.05, 4.69) is 19.4 Å². The molecule has 1 aliphatic heterocycles. The third kappa shape index (κ3) is 4.31. The van der Waals surface area contributed by atoms with Crippen LogP contribution in [0.5, 0.6) is 0 Å². The summed E-state index contributed by atoms with van der Waals surface area (Å²) >= 11 is 0. The van der Waals surface area contributed by atoms with Crippen LogP contribution < -0.4 is 0 Å². The van der Waals surface area contributed by atoms with E-state index in [9.17, 15) is 9.59 Å². The van der Waals surface area contributed by atoms with Gasteiger partial charge in [-0.2, -0.15) is 0 Å². The predicted octanol–water partition coefficient (Wildman–Crippen LogP) is 2.77. The average molecular weight is 330 g/mol. The zero-order valence-electron chi connectivity index (χ0n) is 15.1. The van der Waals surface area contributed by atoms with Gasteiger partial charge in [0, 0.05) is 6.42 Å². The molecule has 1 aromatic rings. The number of benzene rings is 1. The van der Waals surface area contributed by atoms with Gasteiger partial charge in [-0.3, -0.25) is 4.90 Å². The minimum Gasteiger partial charge on any atom is -0.467 e. The first-order chi connectivity index (χ1) is 11.2. The number of rotatable bonds is 3. The SMILES string of the molecule is C[B]Cc1ccc2c(c1)C[C@@H](C(=O)OC)N(C(=O)OC(C)(C)C)C2. The van der Waals surface area contributed by atoms with E-state index in [1.807, 2.05) is 33.7 Å². The zero-order valence-corrected chi connectivity index (χ0v) is 15.1. The topological polar surface area (TPSA) is 55.8 Å². The highest BCUT2D eigenvalue weighted by Gasteiger charge is 2.37. The molecule has 1 radical (unpaired) electrons. The minimum absolute atomic E-state index is 0.347. The fourth-order valence-corrected chi connectivity index (χ4v) is 2.86. The summed E-state index contributed by atoms with van der Waals surface area (Å²) in [5.41, 5.74) is 2.72. The molecule has 1 atom stereocenters. The average Bonchev–Trinajstić information content (AvgIpc) is 2.51. The van der Waals surface area contributed by atoms with E-state index in [1.54, 1.807) is 0 Å². The van der Waals surface area contributed by atoms with Crippen molar-refractivity contribution in [2.75, 3.05) is 7.11 Å². The number of methoxy groups -OCH3 is 1. The fraction of sp³-hybridized carbons (Fsp3) is 0.556. The van der Waals surface area contributed by atoms with Gasteiger partial charge in [0.05, 0.1) is 13.7 Å². The molecule has 6 heteroatoms. The maximum atomic E-state index is 12.5. The van der Waals surface area contributed by atoms with Gasteiger partial charge < -0.3 is 9.47 Å². The maximum Gasteiger partial charge on any atom is 0.411 e.